The summed E-state index contributed by atoms with van der Waals surface area (Å²) in [5, 5.41) is 4.03. The molecule has 1 aromatic heterocycles. The van der Waals surface area contributed by atoms with Gasteiger partial charge in [-0.05, 0) is 18.2 Å². The first-order valence-electron chi connectivity index (χ1n) is 4.58. The molecule has 0 aliphatic rings. The van der Waals surface area contributed by atoms with E-state index in [0.29, 0.717) is 22.3 Å². The van der Waals surface area contributed by atoms with E-state index >= 15 is 0 Å². The predicted molar refractivity (Wildman–Crippen MR) is 58.6 cm³/mol. The molecule has 1 heterocycles. The zero-order valence-electron chi connectivity index (χ0n) is 8.28. The molecule has 3 nitrogen and oxygen atoms in total. The van der Waals surface area contributed by atoms with Crippen LogP contribution in [0.3, 0.4) is 0 Å². The van der Waals surface area contributed by atoms with E-state index in [4.69, 9.17) is 16.1 Å². The minimum atomic E-state index is -0.377. The molecule has 0 N–H and O–H groups in total. The van der Waals surface area contributed by atoms with E-state index in [0.717, 1.165) is 0 Å². The molecule has 0 aliphatic carbocycles. The lowest BCUT2D eigenvalue weighted by Gasteiger charge is -2.01. The Hall–Kier alpha value is -1.68. The van der Waals surface area contributed by atoms with Crippen molar-refractivity contribution in [1.82, 2.24) is 10.1 Å². The van der Waals surface area contributed by atoms with Crippen LogP contribution in [0, 0.1) is 5.82 Å². The number of rotatable bonds is 3. The fourth-order valence-electron chi connectivity index (χ4n) is 1.28. The van der Waals surface area contributed by atoms with Crippen molar-refractivity contribution >= 4 is 17.7 Å². The number of hydrogen-bond donors (Lipinski definition) is 0. The highest BCUT2D eigenvalue weighted by molar-refractivity contribution is 6.31. The lowest BCUT2D eigenvalue weighted by atomic mass is 10.1. The monoisotopic (exact) mass is 238 g/mol. The molecule has 2 rings (SSSR count). The maximum atomic E-state index is 13.4. The van der Waals surface area contributed by atoms with Gasteiger partial charge in [0, 0.05) is 17.0 Å². The van der Waals surface area contributed by atoms with E-state index in [1.54, 1.807) is 12.1 Å². The standard InChI is InChI=1S/C11H8ClFN2O/c1-2-11-14-10(15-16-11)6-7-8(12)4-3-5-9(7)13/h2-5H,1,6H2. The molecule has 0 bridgehead atoms. The zero-order valence-corrected chi connectivity index (χ0v) is 9.04. The molecule has 2 aromatic rings. The Labute approximate surface area is 96.5 Å². The second-order valence-electron chi connectivity index (χ2n) is 3.13. The first-order valence-corrected chi connectivity index (χ1v) is 4.96. The van der Waals surface area contributed by atoms with Crippen molar-refractivity contribution in [1.29, 1.82) is 0 Å². The van der Waals surface area contributed by atoms with Gasteiger partial charge in [-0.3, -0.25) is 0 Å². The molecule has 0 aliphatic heterocycles. The number of halogens is 2. The Kier molecular flexibility index (Phi) is 3.01. The highest BCUT2D eigenvalue weighted by Gasteiger charge is 2.11. The molecular weight excluding hydrogens is 231 g/mol. The van der Waals surface area contributed by atoms with Gasteiger partial charge < -0.3 is 4.52 Å². The quantitative estimate of drug-likeness (QED) is 0.825. The first kappa shape index (κ1) is 10.8. The average molecular weight is 239 g/mol. The molecule has 0 radical (unpaired) electrons. The molecule has 0 unspecified atom stereocenters. The van der Waals surface area contributed by atoms with Crippen molar-refractivity contribution in [2.45, 2.75) is 6.42 Å². The third-order valence-corrected chi connectivity index (χ3v) is 2.41. The summed E-state index contributed by atoms with van der Waals surface area (Å²) in [4.78, 5) is 3.99. The Morgan fingerprint density at radius 2 is 2.31 bits per heavy atom. The molecule has 0 saturated heterocycles. The van der Waals surface area contributed by atoms with Crippen LogP contribution in [0.4, 0.5) is 4.39 Å². The Bertz CT molecular complexity index is 504. The molecule has 0 spiro atoms. The van der Waals surface area contributed by atoms with Gasteiger partial charge >= 0.3 is 0 Å². The number of hydrogen-bond acceptors (Lipinski definition) is 3. The minimum Gasteiger partial charge on any atom is -0.335 e. The predicted octanol–water partition coefficient (Wildman–Crippen LogP) is 3.10. The van der Waals surface area contributed by atoms with E-state index in [9.17, 15) is 4.39 Å². The van der Waals surface area contributed by atoms with Gasteiger partial charge in [0.1, 0.15) is 5.82 Å². The second kappa shape index (κ2) is 4.45. The molecule has 1 aromatic carbocycles. The number of nitrogens with zero attached hydrogens (tertiary/aromatic N) is 2. The van der Waals surface area contributed by atoms with Gasteiger partial charge in [-0.1, -0.05) is 29.4 Å². The molecule has 82 valence electrons. The first-order chi connectivity index (χ1) is 7.70. The number of aromatic nitrogens is 2. The van der Waals surface area contributed by atoms with Gasteiger partial charge in [-0.2, -0.15) is 4.98 Å². The van der Waals surface area contributed by atoms with Gasteiger partial charge in [0.05, 0.1) is 0 Å². The van der Waals surface area contributed by atoms with Crippen LogP contribution in [-0.2, 0) is 6.42 Å². The van der Waals surface area contributed by atoms with Crippen LogP contribution < -0.4 is 0 Å². The molecule has 0 fully saturated rings. The largest absolute Gasteiger partial charge is 0.335 e. The summed E-state index contributed by atoms with van der Waals surface area (Å²) in [5.41, 5.74) is 0.362. The van der Waals surface area contributed by atoms with Crippen molar-refractivity contribution in [3.8, 4) is 0 Å². The highest BCUT2D eigenvalue weighted by atomic mass is 35.5. The summed E-state index contributed by atoms with van der Waals surface area (Å²) in [5.74, 6) is 0.307. The summed E-state index contributed by atoms with van der Waals surface area (Å²) >= 11 is 5.87. The van der Waals surface area contributed by atoms with Gasteiger partial charge in [0.15, 0.2) is 5.82 Å². The summed E-state index contributed by atoms with van der Waals surface area (Å²) in [6.07, 6.45) is 1.63. The van der Waals surface area contributed by atoms with E-state index in [2.05, 4.69) is 16.7 Å². The van der Waals surface area contributed by atoms with Crippen LogP contribution in [0.2, 0.25) is 5.02 Å². The molecule has 0 amide bonds. The fourth-order valence-corrected chi connectivity index (χ4v) is 1.51. The van der Waals surface area contributed by atoms with Crippen LogP contribution in [-0.4, -0.2) is 10.1 Å². The van der Waals surface area contributed by atoms with Gasteiger partial charge in [-0.15, -0.1) is 0 Å². The van der Waals surface area contributed by atoms with E-state index in [1.165, 1.54) is 12.1 Å². The minimum absolute atomic E-state index is 0.197. The number of benzene rings is 1. The summed E-state index contributed by atoms with van der Waals surface area (Å²) in [6.45, 7) is 3.49. The van der Waals surface area contributed by atoms with Crippen LogP contribution in [0.1, 0.15) is 17.3 Å². The van der Waals surface area contributed by atoms with Gasteiger partial charge in [0.25, 0.3) is 0 Å². The molecule has 16 heavy (non-hydrogen) atoms. The van der Waals surface area contributed by atoms with Crippen molar-refractivity contribution in [3.05, 3.63) is 52.9 Å². The van der Waals surface area contributed by atoms with E-state index in [1.807, 2.05) is 0 Å². The summed E-state index contributed by atoms with van der Waals surface area (Å²) in [6, 6.07) is 4.51. The van der Waals surface area contributed by atoms with Crippen LogP contribution in [0.15, 0.2) is 29.3 Å². The lowest BCUT2D eigenvalue weighted by Crippen LogP contribution is -1.95. The third kappa shape index (κ3) is 2.12. The van der Waals surface area contributed by atoms with Crippen LogP contribution >= 0.6 is 11.6 Å². The Balaban J connectivity index is 2.29. The normalized spacial score (nSPS) is 10.4. The Morgan fingerprint density at radius 1 is 1.50 bits per heavy atom. The topological polar surface area (TPSA) is 38.9 Å². The highest BCUT2D eigenvalue weighted by Crippen LogP contribution is 2.21. The van der Waals surface area contributed by atoms with Crippen molar-refractivity contribution < 1.29 is 8.91 Å². The third-order valence-electron chi connectivity index (χ3n) is 2.05. The molecular formula is C11H8ClFN2O. The van der Waals surface area contributed by atoms with Crippen molar-refractivity contribution in [3.63, 3.8) is 0 Å². The second-order valence-corrected chi connectivity index (χ2v) is 3.54. The maximum Gasteiger partial charge on any atom is 0.250 e. The average Bonchev–Trinajstić information content (AvgIpc) is 2.71. The van der Waals surface area contributed by atoms with Crippen LogP contribution in [0.25, 0.3) is 6.08 Å². The summed E-state index contributed by atoms with van der Waals surface area (Å²) in [7, 11) is 0. The lowest BCUT2D eigenvalue weighted by molar-refractivity contribution is 0.404. The summed E-state index contributed by atoms with van der Waals surface area (Å²) < 4.78 is 18.3. The molecule has 5 heteroatoms. The zero-order chi connectivity index (χ0) is 11.5. The van der Waals surface area contributed by atoms with Gasteiger partial charge in [-0.25, -0.2) is 4.39 Å². The van der Waals surface area contributed by atoms with Crippen LogP contribution in [0.5, 0.6) is 0 Å². The molecule has 0 atom stereocenters. The van der Waals surface area contributed by atoms with Crippen molar-refractivity contribution in [2.24, 2.45) is 0 Å². The van der Waals surface area contributed by atoms with E-state index in [-0.39, 0.29) is 12.2 Å². The molecule has 0 saturated carbocycles. The Morgan fingerprint density at radius 3 is 2.94 bits per heavy atom. The fraction of sp³-hybridized carbons (Fsp3) is 0.0909. The van der Waals surface area contributed by atoms with Gasteiger partial charge in [0.2, 0.25) is 5.89 Å². The smallest absolute Gasteiger partial charge is 0.250 e. The maximum absolute atomic E-state index is 13.4. The SMILES string of the molecule is C=Cc1nc(Cc2c(F)cccc2Cl)no1. The van der Waals surface area contributed by atoms with Crippen molar-refractivity contribution in [2.75, 3.05) is 0 Å². The van der Waals surface area contributed by atoms with E-state index < -0.39 is 0 Å².